The van der Waals surface area contributed by atoms with Gasteiger partial charge in [-0.1, -0.05) is 0 Å². The zero-order valence-corrected chi connectivity index (χ0v) is 12.2. The van der Waals surface area contributed by atoms with Gasteiger partial charge < -0.3 is 5.43 Å². The Bertz CT molecular complexity index is 709. The van der Waals surface area contributed by atoms with Gasteiger partial charge in [0, 0.05) is 24.2 Å². The van der Waals surface area contributed by atoms with E-state index in [-0.39, 0.29) is 4.90 Å². The van der Waals surface area contributed by atoms with Gasteiger partial charge in [-0.15, -0.1) is 11.3 Å². The number of sulfonamides is 1. The van der Waals surface area contributed by atoms with Gasteiger partial charge in [-0.2, -0.15) is 4.31 Å². The van der Waals surface area contributed by atoms with Crippen LogP contribution in [0.1, 0.15) is 10.4 Å². The summed E-state index contributed by atoms with van der Waals surface area (Å²) in [5.74, 6) is 5.65. The van der Waals surface area contributed by atoms with E-state index in [0.29, 0.717) is 18.9 Å². The molecule has 0 spiro atoms. The SMILES string of the molecule is NNc1ccc(S(=O)(=O)N2CCc3sccc3C2)cn1. The molecule has 3 N–H and O–H groups in total. The largest absolute Gasteiger partial charge is 0.308 e. The number of aromatic nitrogens is 1. The number of nitrogens with zero attached hydrogens (tertiary/aromatic N) is 2. The van der Waals surface area contributed by atoms with Gasteiger partial charge in [0.1, 0.15) is 10.7 Å². The lowest BCUT2D eigenvalue weighted by Crippen LogP contribution is -2.35. The van der Waals surface area contributed by atoms with Gasteiger partial charge in [-0.25, -0.2) is 19.2 Å². The Labute approximate surface area is 121 Å². The molecule has 0 saturated carbocycles. The minimum absolute atomic E-state index is 0.190. The third kappa shape index (κ3) is 2.31. The highest BCUT2D eigenvalue weighted by Crippen LogP contribution is 2.28. The number of hydrogen-bond donors (Lipinski definition) is 2. The van der Waals surface area contributed by atoms with E-state index in [4.69, 9.17) is 5.84 Å². The molecule has 0 saturated heterocycles. The lowest BCUT2D eigenvalue weighted by Gasteiger charge is -2.26. The molecule has 0 fully saturated rings. The molecule has 1 aliphatic rings. The minimum atomic E-state index is -3.50. The van der Waals surface area contributed by atoms with E-state index >= 15 is 0 Å². The summed E-state index contributed by atoms with van der Waals surface area (Å²) >= 11 is 1.68. The molecule has 0 amide bonds. The quantitative estimate of drug-likeness (QED) is 0.656. The molecule has 0 aromatic carbocycles. The van der Waals surface area contributed by atoms with Crippen molar-refractivity contribution < 1.29 is 8.42 Å². The zero-order valence-electron chi connectivity index (χ0n) is 10.6. The molecule has 2 aromatic rings. The lowest BCUT2D eigenvalue weighted by atomic mass is 10.1. The number of thiophene rings is 1. The van der Waals surface area contributed by atoms with Gasteiger partial charge in [-0.3, -0.25) is 0 Å². The Morgan fingerprint density at radius 1 is 1.35 bits per heavy atom. The number of hydrogen-bond acceptors (Lipinski definition) is 6. The minimum Gasteiger partial charge on any atom is -0.308 e. The number of fused-ring (bicyclic) bond motifs is 1. The number of pyridine rings is 1. The summed E-state index contributed by atoms with van der Waals surface area (Å²) in [6.07, 6.45) is 2.09. The molecule has 1 aliphatic heterocycles. The van der Waals surface area contributed by atoms with Gasteiger partial charge in [0.05, 0.1) is 0 Å². The van der Waals surface area contributed by atoms with E-state index in [9.17, 15) is 8.42 Å². The summed E-state index contributed by atoms with van der Waals surface area (Å²) in [6, 6.07) is 5.05. The van der Waals surface area contributed by atoms with Crippen molar-refractivity contribution in [2.45, 2.75) is 17.9 Å². The number of nitrogens with two attached hydrogens (primary N) is 1. The molecule has 0 unspecified atom stereocenters. The van der Waals surface area contributed by atoms with Crippen LogP contribution in [-0.2, 0) is 23.0 Å². The lowest BCUT2D eigenvalue weighted by molar-refractivity contribution is 0.394. The maximum atomic E-state index is 12.6. The van der Waals surface area contributed by atoms with E-state index in [2.05, 4.69) is 10.4 Å². The molecule has 3 heterocycles. The van der Waals surface area contributed by atoms with Gasteiger partial charge in [0.25, 0.3) is 0 Å². The van der Waals surface area contributed by atoms with E-state index in [1.807, 2.05) is 11.4 Å². The van der Waals surface area contributed by atoms with Gasteiger partial charge in [-0.05, 0) is 35.6 Å². The summed E-state index contributed by atoms with van der Waals surface area (Å²) in [5, 5.41) is 2.00. The standard InChI is InChI=1S/C12H14N4O2S2/c13-15-12-2-1-10(7-14-12)20(17,18)16-5-3-11-9(8-16)4-6-19-11/h1-2,4,6-7H,3,5,8,13H2,(H,14,15). The topological polar surface area (TPSA) is 88.3 Å². The van der Waals surface area contributed by atoms with Crippen LogP contribution in [-0.4, -0.2) is 24.3 Å². The molecule has 6 nitrogen and oxygen atoms in total. The van der Waals surface area contributed by atoms with Gasteiger partial charge in [0.2, 0.25) is 10.0 Å². The molecule has 20 heavy (non-hydrogen) atoms. The third-order valence-corrected chi connectivity index (χ3v) is 6.15. The summed E-state index contributed by atoms with van der Waals surface area (Å²) < 4.78 is 26.6. The fourth-order valence-corrected chi connectivity index (χ4v) is 4.45. The van der Waals surface area contributed by atoms with Crippen molar-refractivity contribution in [3.8, 4) is 0 Å². The van der Waals surface area contributed by atoms with Crippen molar-refractivity contribution in [3.05, 3.63) is 40.2 Å². The van der Waals surface area contributed by atoms with Crippen molar-refractivity contribution in [2.24, 2.45) is 5.84 Å². The average Bonchev–Trinajstić information content (AvgIpc) is 2.94. The smallest absolute Gasteiger partial charge is 0.244 e. The highest BCUT2D eigenvalue weighted by atomic mass is 32.2. The predicted octanol–water partition coefficient (Wildman–Crippen LogP) is 1.18. The van der Waals surface area contributed by atoms with E-state index in [1.165, 1.54) is 21.4 Å². The monoisotopic (exact) mass is 310 g/mol. The molecular weight excluding hydrogens is 296 g/mol. The van der Waals surface area contributed by atoms with Crippen molar-refractivity contribution >= 4 is 27.2 Å². The molecule has 0 atom stereocenters. The molecular formula is C12H14N4O2S2. The molecule has 8 heteroatoms. The van der Waals surface area contributed by atoms with Crippen molar-refractivity contribution in [1.82, 2.24) is 9.29 Å². The number of rotatable bonds is 3. The molecule has 0 radical (unpaired) electrons. The second kappa shape index (κ2) is 5.13. The molecule has 3 rings (SSSR count). The predicted molar refractivity (Wildman–Crippen MR) is 77.7 cm³/mol. The number of hydrazine groups is 1. The normalized spacial score (nSPS) is 15.8. The van der Waals surface area contributed by atoms with Crippen LogP contribution < -0.4 is 11.3 Å². The first-order valence-electron chi connectivity index (χ1n) is 6.09. The van der Waals surface area contributed by atoms with Crippen molar-refractivity contribution in [1.29, 1.82) is 0 Å². The van der Waals surface area contributed by atoms with Crippen LogP contribution in [0.3, 0.4) is 0 Å². The van der Waals surface area contributed by atoms with Crippen molar-refractivity contribution in [2.75, 3.05) is 12.0 Å². The second-order valence-electron chi connectivity index (χ2n) is 4.48. The highest BCUT2D eigenvalue weighted by molar-refractivity contribution is 7.89. The summed E-state index contributed by atoms with van der Waals surface area (Å²) in [7, 11) is -3.50. The van der Waals surface area contributed by atoms with Crippen LogP contribution in [0.25, 0.3) is 0 Å². The fourth-order valence-electron chi connectivity index (χ4n) is 2.20. The van der Waals surface area contributed by atoms with Crippen molar-refractivity contribution in [3.63, 3.8) is 0 Å². The molecule has 0 aliphatic carbocycles. The van der Waals surface area contributed by atoms with Crippen LogP contribution in [0.4, 0.5) is 5.82 Å². The molecule has 0 bridgehead atoms. The van der Waals surface area contributed by atoms with Crippen LogP contribution >= 0.6 is 11.3 Å². The van der Waals surface area contributed by atoms with E-state index < -0.39 is 10.0 Å². The Morgan fingerprint density at radius 3 is 2.90 bits per heavy atom. The highest BCUT2D eigenvalue weighted by Gasteiger charge is 2.28. The number of nitrogen functional groups attached to an aromatic ring is 1. The number of nitrogens with one attached hydrogen (secondary N) is 1. The number of anilines is 1. The molecule has 106 valence electrons. The Balaban J connectivity index is 1.88. The van der Waals surface area contributed by atoms with Gasteiger partial charge >= 0.3 is 0 Å². The van der Waals surface area contributed by atoms with Crippen LogP contribution in [0.15, 0.2) is 34.7 Å². The Hall–Kier alpha value is -1.48. The average molecular weight is 310 g/mol. The zero-order chi connectivity index (χ0) is 14.2. The second-order valence-corrected chi connectivity index (χ2v) is 7.42. The summed E-state index contributed by atoms with van der Waals surface area (Å²) in [6.45, 7) is 0.935. The van der Waals surface area contributed by atoms with E-state index in [0.717, 1.165) is 12.0 Å². The molecule has 2 aromatic heterocycles. The van der Waals surface area contributed by atoms with Crippen LogP contribution in [0.5, 0.6) is 0 Å². The van der Waals surface area contributed by atoms with Crippen LogP contribution in [0, 0.1) is 0 Å². The Morgan fingerprint density at radius 2 is 2.20 bits per heavy atom. The maximum Gasteiger partial charge on any atom is 0.244 e. The first-order chi connectivity index (χ1) is 9.61. The van der Waals surface area contributed by atoms with E-state index in [1.54, 1.807) is 17.4 Å². The summed E-state index contributed by atoms with van der Waals surface area (Å²) in [4.78, 5) is 5.42. The Kier molecular flexibility index (Phi) is 3.47. The summed E-state index contributed by atoms with van der Waals surface area (Å²) in [5.41, 5.74) is 3.47. The first-order valence-corrected chi connectivity index (χ1v) is 8.41. The van der Waals surface area contributed by atoms with Gasteiger partial charge in [0.15, 0.2) is 0 Å². The van der Waals surface area contributed by atoms with Crippen LogP contribution in [0.2, 0.25) is 0 Å². The maximum absolute atomic E-state index is 12.6. The third-order valence-electron chi connectivity index (χ3n) is 3.29. The fraction of sp³-hybridized carbons (Fsp3) is 0.250. The first kappa shape index (κ1) is 13.5.